The van der Waals surface area contributed by atoms with Crippen LogP contribution in [-0.4, -0.2) is 59.3 Å². The van der Waals surface area contributed by atoms with Crippen LogP contribution in [-0.2, 0) is 28.5 Å². The van der Waals surface area contributed by atoms with Gasteiger partial charge >= 0.3 is 18.1 Å². The number of benzene rings is 1. The predicted molar refractivity (Wildman–Crippen MR) is 87.5 cm³/mol. The van der Waals surface area contributed by atoms with Crippen LogP contribution >= 0.6 is 0 Å². The summed E-state index contributed by atoms with van der Waals surface area (Å²) in [5, 5.41) is 19.7. The Labute approximate surface area is 158 Å². The maximum absolute atomic E-state index is 11.5. The monoisotopic (exact) mass is 399 g/mol. The molecule has 0 bridgehead atoms. The number of nitro benzene ring substituents is 1. The highest BCUT2D eigenvalue weighted by Gasteiger charge is 2.48. The molecule has 0 radical (unpaired) electrons. The van der Waals surface area contributed by atoms with E-state index in [0.29, 0.717) is 0 Å². The van der Waals surface area contributed by atoms with Gasteiger partial charge in [0, 0.05) is 26.0 Å². The van der Waals surface area contributed by atoms with Crippen LogP contribution < -0.4 is 4.74 Å². The van der Waals surface area contributed by atoms with E-state index in [9.17, 15) is 24.5 Å². The number of nitrogens with zero attached hydrogens (tertiary/aromatic N) is 1. The van der Waals surface area contributed by atoms with Crippen molar-refractivity contribution in [3.63, 3.8) is 0 Å². The number of carboxylic acid groups (broad SMARTS) is 1. The fourth-order valence-corrected chi connectivity index (χ4v) is 2.52. The van der Waals surface area contributed by atoms with Gasteiger partial charge < -0.3 is 28.8 Å². The van der Waals surface area contributed by atoms with Crippen LogP contribution in [0.1, 0.15) is 13.8 Å². The molecule has 0 saturated carbocycles. The van der Waals surface area contributed by atoms with Crippen molar-refractivity contribution in [2.24, 2.45) is 0 Å². The van der Waals surface area contributed by atoms with Crippen molar-refractivity contribution in [2.75, 3.05) is 6.61 Å². The fourth-order valence-electron chi connectivity index (χ4n) is 2.52. The van der Waals surface area contributed by atoms with Crippen molar-refractivity contribution in [1.82, 2.24) is 0 Å². The first-order valence-corrected chi connectivity index (χ1v) is 7.94. The summed E-state index contributed by atoms with van der Waals surface area (Å²) < 4.78 is 25.8. The molecule has 1 N–H and O–H groups in total. The molecule has 4 atom stereocenters. The molecule has 0 spiro atoms. The Morgan fingerprint density at radius 1 is 1.07 bits per heavy atom. The van der Waals surface area contributed by atoms with E-state index < -0.39 is 47.6 Å². The van der Waals surface area contributed by atoms with Gasteiger partial charge in [-0.25, -0.2) is 4.79 Å². The summed E-state index contributed by atoms with van der Waals surface area (Å²) in [6.07, 6.45) is -6.99. The van der Waals surface area contributed by atoms with Crippen molar-refractivity contribution < 1.29 is 48.1 Å². The molecule has 1 heterocycles. The zero-order chi connectivity index (χ0) is 20.8. The number of carbonyl (C=O) groups excluding carboxylic acids is 2. The quantitative estimate of drug-likeness (QED) is 0.317. The molecule has 0 aliphatic carbocycles. The largest absolute Gasteiger partial charge is 0.506 e. The Kier molecular flexibility index (Phi) is 6.71. The molecule has 0 aromatic heterocycles. The molecule has 1 saturated heterocycles. The summed E-state index contributed by atoms with van der Waals surface area (Å²) in [7, 11) is 0. The van der Waals surface area contributed by atoms with Crippen LogP contribution in [0.15, 0.2) is 24.3 Å². The molecular formula is C16H17NO11. The van der Waals surface area contributed by atoms with Crippen LogP contribution in [0, 0.1) is 10.1 Å². The van der Waals surface area contributed by atoms with E-state index in [2.05, 4.69) is 0 Å². The second-order valence-corrected chi connectivity index (χ2v) is 5.64. The van der Waals surface area contributed by atoms with Gasteiger partial charge in [-0.05, 0) is 12.1 Å². The lowest BCUT2D eigenvalue weighted by atomic mass is 10.0. The van der Waals surface area contributed by atoms with E-state index in [0.717, 1.165) is 13.8 Å². The normalized spacial score (nSPS) is 23.9. The summed E-state index contributed by atoms with van der Waals surface area (Å²) in [6.45, 7) is 1.89. The highest BCUT2D eigenvalue weighted by Crippen LogP contribution is 2.27. The first-order valence-electron chi connectivity index (χ1n) is 7.94. The van der Waals surface area contributed by atoms with E-state index in [1.165, 1.54) is 24.3 Å². The minimum atomic E-state index is -1.68. The number of ether oxygens (including phenoxy) is 5. The number of hydrogen-bond donors (Lipinski definition) is 1. The predicted octanol–water partition coefficient (Wildman–Crippen LogP) is 1.26. The zero-order valence-corrected chi connectivity index (χ0v) is 14.8. The van der Waals surface area contributed by atoms with Crippen molar-refractivity contribution in [1.29, 1.82) is 0 Å². The van der Waals surface area contributed by atoms with Gasteiger partial charge in [0.2, 0.25) is 12.4 Å². The van der Waals surface area contributed by atoms with Crippen LogP contribution in [0.2, 0.25) is 0 Å². The lowest BCUT2D eigenvalue weighted by Crippen LogP contribution is -2.59. The molecule has 1 fully saturated rings. The first kappa shape index (κ1) is 20.9. The second-order valence-electron chi connectivity index (χ2n) is 5.64. The van der Waals surface area contributed by atoms with Crippen LogP contribution in [0.3, 0.4) is 0 Å². The maximum atomic E-state index is 11.5. The van der Waals surface area contributed by atoms with E-state index in [4.69, 9.17) is 28.8 Å². The molecular weight excluding hydrogens is 382 g/mol. The van der Waals surface area contributed by atoms with Gasteiger partial charge in [-0.2, -0.15) is 0 Å². The maximum Gasteiger partial charge on any atom is 0.506 e. The standard InChI is InChI=1S/C16H17NO11/c1-8(18)25-12-7-24-15(14(26-9(2)19)13(12)28-16(20)21)27-11-5-3-10(4-6-11)17(22)23/h3-6,12-15H,7H2,1-2H3,(H,20,21)/t12-,13+,14-,15?/m1/s1. The summed E-state index contributed by atoms with van der Waals surface area (Å²) in [6, 6.07) is 4.95. The zero-order valence-electron chi connectivity index (χ0n) is 14.8. The molecule has 1 aliphatic rings. The number of non-ortho nitro benzene ring substituents is 1. The minimum absolute atomic E-state index is 0.132. The number of hydrogen-bond acceptors (Lipinski definition) is 10. The van der Waals surface area contributed by atoms with Crippen molar-refractivity contribution in [3.8, 4) is 5.75 Å². The second kappa shape index (κ2) is 8.99. The Morgan fingerprint density at radius 2 is 1.68 bits per heavy atom. The van der Waals surface area contributed by atoms with Gasteiger partial charge in [0.15, 0.2) is 12.2 Å². The number of nitro groups is 1. The number of carbonyl (C=O) groups is 3. The van der Waals surface area contributed by atoms with Crippen molar-refractivity contribution in [3.05, 3.63) is 34.4 Å². The lowest BCUT2D eigenvalue weighted by molar-refractivity contribution is -0.384. The third-order valence-electron chi connectivity index (χ3n) is 3.54. The lowest BCUT2D eigenvalue weighted by Gasteiger charge is -2.39. The minimum Gasteiger partial charge on any atom is -0.461 e. The summed E-state index contributed by atoms with van der Waals surface area (Å²) in [5.41, 5.74) is -0.171. The van der Waals surface area contributed by atoms with E-state index >= 15 is 0 Å². The van der Waals surface area contributed by atoms with Gasteiger partial charge in [-0.3, -0.25) is 19.7 Å². The Morgan fingerprint density at radius 3 is 2.18 bits per heavy atom. The number of rotatable bonds is 6. The smallest absolute Gasteiger partial charge is 0.461 e. The van der Waals surface area contributed by atoms with Crippen LogP contribution in [0.4, 0.5) is 10.5 Å². The fraction of sp³-hybridized carbons (Fsp3) is 0.438. The third kappa shape index (κ3) is 5.54. The summed E-state index contributed by atoms with van der Waals surface area (Å²) in [5.74, 6) is -1.37. The molecule has 1 aliphatic heterocycles. The van der Waals surface area contributed by atoms with E-state index in [1.54, 1.807) is 0 Å². The van der Waals surface area contributed by atoms with Crippen LogP contribution in [0.5, 0.6) is 5.75 Å². The molecule has 1 unspecified atom stereocenters. The van der Waals surface area contributed by atoms with Crippen LogP contribution in [0.25, 0.3) is 0 Å². The molecule has 12 nitrogen and oxygen atoms in total. The molecule has 28 heavy (non-hydrogen) atoms. The van der Waals surface area contributed by atoms with Gasteiger partial charge in [0.25, 0.3) is 5.69 Å². The van der Waals surface area contributed by atoms with Gasteiger partial charge in [0.1, 0.15) is 5.75 Å². The highest BCUT2D eigenvalue weighted by molar-refractivity contribution is 5.67. The topological polar surface area (TPSA) is 161 Å². The van der Waals surface area contributed by atoms with Crippen molar-refractivity contribution >= 4 is 23.8 Å². The average molecular weight is 399 g/mol. The summed E-state index contributed by atoms with van der Waals surface area (Å²) >= 11 is 0. The SMILES string of the molecule is CC(=O)O[C@@H]1COC(Oc2ccc([N+](=O)[O-])cc2)[C@H](OC(C)=O)[C@H]1OC(=O)O. The third-order valence-corrected chi connectivity index (χ3v) is 3.54. The molecule has 1 aromatic carbocycles. The summed E-state index contributed by atoms with van der Waals surface area (Å²) in [4.78, 5) is 43.9. The van der Waals surface area contributed by atoms with E-state index in [1.807, 2.05) is 0 Å². The Balaban J connectivity index is 2.25. The van der Waals surface area contributed by atoms with Crippen molar-refractivity contribution in [2.45, 2.75) is 38.4 Å². The molecule has 2 rings (SSSR count). The molecule has 0 amide bonds. The average Bonchev–Trinajstić information content (AvgIpc) is 2.59. The van der Waals surface area contributed by atoms with Gasteiger partial charge in [-0.1, -0.05) is 0 Å². The number of esters is 2. The highest BCUT2D eigenvalue weighted by atomic mass is 16.7. The van der Waals surface area contributed by atoms with Gasteiger partial charge in [0.05, 0.1) is 11.5 Å². The molecule has 1 aromatic rings. The van der Waals surface area contributed by atoms with E-state index in [-0.39, 0.29) is 18.0 Å². The Bertz CT molecular complexity index is 747. The first-order chi connectivity index (χ1) is 13.2. The van der Waals surface area contributed by atoms with Gasteiger partial charge in [-0.15, -0.1) is 0 Å². The molecule has 12 heteroatoms. The Hall–Kier alpha value is -3.41. The molecule has 152 valence electrons.